The highest BCUT2D eigenvalue weighted by Crippen LogP contribution is 2.40. The maximum atomic E-state index is 12.9. The van der Waals surface area contributed by atoms with Crippen LogP contribution in [0.4, 0.5) is 0 Å². The molecule has 1 saturated heterocycles. The molecule has 1 atom stereocenters. The van der Waals surface area contributed by atoms with Gasteiger partial charge >= 0.3 is 5.97 Å². The van der Waals surface area contributed by atoms with Crippen LogP contribution in [0.25, 0.3) is 11.3 Å². The minimum Gasteiger partial charge on any atom is -0.492 e. The number of benzene rings is 2. The number of aryl methyl sites for hydroxylation is 1. The van der Waals surface area contributed by atoms with E-state index in [1.54, 1.807) is 35.2 Å². The lowest BCUT2D eigenvalue weighted by molar-refractivity contribution is -0.134. The molecule has 0 saturated carbocycles. The first-order chi connectivity index (χ1) is 22.3. The van der Waals surface area contributed by atoms with Crippen molar-refractivity contribution in [2.45, 2.75) is 51.5 Å². The van der Waals surface area contributed by atoms with E-state index in [-0.39, 0.29) is 46.7 Å². The summed E-state index contributed by atoms with van der Waals surface area (Å²) in [5.74, 6) is -0.839. The second-order valence-corrected chi connectivity index (χ2v) is 12.7. The summed E-state index contributed by atoms with van der Waals surface area (Å²) in [6, 6.07) is 11.5. The smallest absolute Gasteiger partial charge is 0.335 e. The van der Waals surface area contributed by atoms with Crippen molar-refractivity contribution in [1.29, 1.82) is 0 Å². The van der Waals surface area contributed by atoms with Crippen LogP contribution >= 0.6 is 23.2 Å². The summed E-state index contributed by atoms with van der Waals surface area (Å²) in [6.45, 7) is 5.25. The van der Waals surface area contributed by atoms with Gasteiger partial charge in [0, 0.05) is 43.7 Å². The standard InChI is InChI=1S/C33H41Cl2N7O5/c1-19(2)16-25(39-33(36)37)31(44)38-18-28(43)42-13-10-21(11-14-42)26-17-24(40-41(26)3)23-8-9-27(30(35)29(23)34)47-15-12-20-4-6-22(7-5-20)32(45)46/h4-9,17,19,21,25H,10-16,18H2,1-3H3,(H,38,44)(H,45,46)(H4,36,37,39)/t25-/m1/s1. The molecule has 47 heavy (non-hydrogen) atoms. The molecule has 12 nitrogen and oxygen atoms in total. The van der Waals surface area contributed by atoms with Gasteiger partial charge in [-0.05, 0) is 61.1 Å². The number of nitrogens with zero attached hydrogens (tertiary/aromatic N) is 4. The van der Waals surface area contributed by atoms with Crippen molar-refractivity contribution in [2.24, 2.45) is 29.4 Å². The number of carbonyl (C=O) groups is 3. The molecule has 2 heterocycles. The van der Waals surface area contributed by atoms with Gasteiger partial charge in [0.2, 0.25) is 11.8 Å². The number of aromatic nitrogens is 2. The van der Waals surface area contributed by atoms with Crippen LogP contribution in [0.1, 0.15) is 60.6 Å². The van der Waals surface area contributed by atoms with Crippen LogP contribution in [0.15, 0.2) is 47.5 Å². The molecule has 1 fully saturated rings. The Morgan fingerprint density at radius 1 is 1.09 bits per heavy atom. The number of carbonyl (C=O) groups excluding carboxylic acids is 2. The van der Waals surface area contributed by atoms with Gasteiger partial charge in [0.05, 0.1) is 29.4 Å². The number of guanidine groups is 1. The first kappa shape index (κ1) is 35.6. The molecule has 0 bridgehead atoms. The fourth-order valence-electron chi connectivity index (χ4n) is 5.59. The molecule has 1 aliphatic heterocycles. The second kappa shape index (κ2) is 16.0. The Morgan fingerprint density at radius 2 is 1.77 bits per heavy atom. The third-order valence-electron chi connectivity index (χ3n) is 8.07. The number of rotatable bonds is 13. The zero-order valence-corrected chi connectivity index (χ0v) is 28.2. The Bertz CT molecular complexity index is 1610. The lowest BCUT2D eigenvalue weighted by Gasteiger charge is -2.32. The molecular formula is C33H41Cl2N7O5. The van der Waals surface area contributed by atoms with Crippen molar-refractivity contribution >= 4 is 46.9 Å². The third-order valence-corrected chi connectivity index (χ3v) is 8.93. The highest BCUT2D eigenvalue weighted by molar-refractivity contribution is 6.44. The van der Waals surface area contributed by atoms with Crippen LogP contribution in [0.5, 0.6) is 5.75 Å². The van der Waals surface area contributed by atoms with Gasteiger partial charge in [-0.1, -0.05) is 49.2 Å². The molecule has 0 spiro atoms. The largest absolute Gasteiger partial charge is 0.492 e. The molecule has 1 aromatic heterocycles. The van der Waals surface area contributed by atoms with Crippen LogP contribution in [-0.4, -0.2) is 75.8 Å². The third kappa shape index (κ3) is 9.39. The maximum absolute atomic E-state index is 12.9. The molecule has 4 rings (SSSR count). The van der Waals surface area contributed by atoms with Crippen LogP contribution < -0.4 is 21.5 Å². The van der Waals surface area contributed by atoms with Crippen molar-refractivity contribution in [3.05, 3.63) is 69.3 Å². The lowest BCUT2D eigenvalue weighted by Crippen LogP contribution is -2.46. The van der Waals surface area contributed by atoms with Gasteiger partial charge < -0.3 is 31.5 Å². The molecule has 2 aromatic carbocycles. The van der Waals surface area contributed by atoms with Gasteiger partial charge in [0.1, 0.15) is 16.8 Å². The molecule has 6 N–H and O–H groups in total. The van der Waals surface area contributed by atoms with E-state index >= 15 is 0 Å². The minimum absolute atomic E-state index is 0.118. The number of carboxylic acid groups (broad SMARTS) is 1. The van der Waals surface area contributed by atoms with E-state index in [0.717, 1.165) is 24.1 Å². The van der Waals surface area contributed by atoms with Gasteiger partial charge in [-0.15, -0.1) is 0 Å². The highest BCUT2D eigenvalue weighted by atomic mass is 35.5. The molecule has 0 aliphatic carbocycles. The van der Waals surface area contributed by atoms with E-state index in [9.17, 15) is 14.4 Å². The summed E-state index contributed by atoms with van der Waals surface area (Å²) in [7, 11) is 1.88. The van der Waals surface area contributed by atoms with Crippen LogP contribution in [0, 0.1) is 5.92 Å². The normalized spacial score (nSPS) is 14.1. The second-order valence-electron chi connectivity index (χ2n) is 12.0. The number of halogens is 2. The van der Waals surface area contributed by atoms with E-state index < -0.39 is 12.0 Å². The first-order valence-corrected chi connectivity index (χ1v) is 16.2. The summed E-state index contributed by atoms with van der Waals surface area (Å²) in [5.41, 5.74) is 14.5. The Labute approximate surface area is 284 Å². The number of hydrogen-bond donors (Lipinski definition) is 4. The summed E-state index contributed by atoms with van der Waals surface area (Å²) >= 11 is 13.3. The summed E-state index contributed by atoms with van der Waals surface area (Å²) in [5, 5.41) is 17.1. The van der Waals surface area contributed by atoms with E-state index in [2.05, 4.69) is 10.3 Å². The summed E-state index contributed by atoms with van der Waals surface area (Å²) in [4.78, 5) is 42.4. The maximum Gasteiger partial charge on any atom is 0.335 e. The highest BCUT2D eigenvalue weighted by Gasteiger charge is 2.28. The molecule has 2 amide bonds. The molecule has 1 aliphatic rings. The van der Waals surface area contributed by atoms with Gasteiger partial charge in [-0.2, -0.15) is 5.10 Å². The number of nitrogens with one attached hydrogen (secondary N) is 1. The number of ether oxygens (including phenoxy) is 1. The van der Waals surface area contributed by atoms with Crippen molar-refractivity contribution in [3.8, 4) is 17.0 Å². The predicted octanol–water partition coefficient (Wildman–Crippen LogP) is 4.22. The van der Waals surface area contributed by atoms with E-state index in [1.165, 1.54) is 0 Å². The van der Waals surface area contributed by atoms with Crippen molar-refractivity contribution < 1.29 is 24.2 Å². The Morgan fingerprint density at radius 3 is 2.38 bits per heavy atom. The number of aromatic carboxylic acids is 1. The van der Waals surface area contributed by atoms with Crippen LogP contribution in [0.2, 0.25) is 10.0 Å². The number of aliphatic imine (C=N–C) groups is 1. The Kier molecular flexibility index (Phi) is 12.1. The Balaban J connectivity index is 1.32. The lowest BCUT2D eigenvalue weighted by atomic mass is 9.92. The molecule has 0 unspecified atom stereocenters. The number of likely N-dealkylation sites (tertiary alicyclic amines) is 1. The van der Waals surface area contributed by atoms with Crippen molar-refractivity contribution in [1.82, 2.24) is 20.0 Å². The van der Waals surface area contributed by atoms with Crippen LogP contribution in [0.3, 0.4) is 0 Å². The zero-order valence-electron chi connectivity index (χ0n) is 26.7. The predicted molar refractivity (Wildman–Crippen MR) is 182 cm³/mol. The average Bonchev–Trinajstić information content (AvgIpc) is 3.42. The molecule has 14 heteroatoms. The fourth-order valence-corrected chi connectivity index (χ4v) is 6.06. The van der Waals surface area contributed by atoms with Crippen LogP contribution in [-0.2, 0) is 23.1 Å². The topological polar surface area (TPSA) is 178 Å². The van der Waals surface area contributed by atoms with Gasteiger partial charge in [0.15, 0.2) is 5.96 Å². The minimum atomic E-state index is -0.969. The van der Waals surface area contributed by atoms with Crippen molar-refractivity contribution in [3.63, 3.8) is 0 Å². The van der Waals surface area contributed by atoms with Gasteiger partial charge in [-0.3, -0.25) is 14.3 Å². The molecule has 3 aromatic rings. The average molecular weight is 687 g/mol. The van der Waals surface area contributed by atoms with E-state index in [0.29, 0.717) is 54.6 Å². The van der Waals surface area contributed by atoms with Crippen molar-refractivity contribution in [2.75, 3.05) is 26.2 Å². The fraction of sp³-hybridized carbons (Fsp3) is 0.424. The number of amides is 2. The number of hydrogen-bond acceptors (Lipinski definition) is 6. The monoisotopic (exact) mass is 685 g/mol. The molecule has 252 valence electrons. The molecule has 0 radical (unpaired) electrons. The Hall–Kier alpha value is -4.29. The summed E-state index contributed by atoms with van der Waals surface area (Å²) in [6.07, 6.45) is 2.52. The quantitative estimate of drug-likeness (QED) is 0.153. The van der Waals surface area contributed by atoms with Gasteiger partial charge in [-0.25, -0.2) is 9.79 Å². The van der Waals surface area contributed by atoms with Gasteiger partial charge in [0.25, 0.3) is 0 Å². The van der Waals surface area contributed by atoms with E-state index in [1.807, 2.05) is 37.7 Å². The number of piperidine rings is 1. The number of carboxylic acids is 1. The molecular weight excluding hydrogens is 645 g/mol. The SMILES string of the molecule is CC(C)C[C@@H](N=C(N)N)C(=O)NCC(=O)N1CCC(c2cc(-c3ccc(OCCc4ccc(C(=O)O)cc4)c(Cl)c3Cl)nn2C)CC1. The summed E-state index contributed by atoms with van der Waals surface area (Å²) < 4.78 is 7.72. The van der Waals surface area contributed by atoms with E-state index in [4.69, 9.17) is 49.6 Å². The first-order valence-electron chi connectivity index (χ1n) is 15.5. The zero-order chi connectivity index (χ0) is 34.2. The number of nitrogens with two attached hydrogens (primary N) is 2.